The summed E-state index contributed by atoms with van der Waals surface area (Å²) in [6.45, 7) is 1.31. The molecule has 0 aliphatic rings. The van der Waals surface area contributed by atoms with Crippen LogP contribution in [0, 0.1) is 0 Å². The van der Waals surface area contributed by atoms with Gasteiger partial charge in [-0.05, 0) is 13.8 Å². The van der Waals surface area contributed by atoms with Crippen molar-refractivity contribution in [1.29, 1.82) is 0 Å². The number of likely N-dealkylation sites (N-methyl/N-ethyl adjacent to an activating group) is 1. The summed E-state index contributed by atoms with van der Waals surface area (Å²) in [6, 6.07) is 0. The molecule has 0 aliphatic carbocycles. The predicted octanol–water partition coefficient (Wildman–Crippen LogP) is -0.400. The summed E-state index contributed by atoms with van der Waals surface area (Å²) >= 11 is 0. The van der Waals surface area contributed by atoms with Crippen LogP contribution in [0.3, 0.4) is 0 Å². The average Bonchev–Trinajstić information content (AvgIpc) is 2.10. The quantitative estimate of drug-likeness (QED) is 0.701. The van der Waals surface area contributed by atoms with E-state index in [1.807, 2.05) is 0 Å². The van der Waals surface area contributed by atoms with Gasteiger partial charge in [-0.1, -0.05) is 0 Å². The average molecular weight is 241 g/mol. The number of primary amides is 1. The van der Waals surface area contributed by atoms with Crippen molar-refractivity contribution in [2.75, 3.05) is 13.1 Å². The second-order valence-electron chi connectivity index (χ2n) is 3.49. The van der Waals surface area contributed by atoms with Crippen LogP contribution in [0.5, 0.6) is 0 Å². The first-order chi connectivity index (χ1) is 7.04. The Bertz CT molecular complexity index is 289. The van der Waals surface area contributed by atoms with E-state index in [9.17, 15) is 22.8 Å². The van der Waals surface area contributed by atoms with Gasteiger partial charge in [-0.25, -0.2) is 0 Å². The molecule has 0 aromatic rings. The van der Waals surface area contributed by atoms with Crippen molar-refractivity contribution in [2.24, 2.45) is 11.5 Å². The van der Waals surface area contributed by atoms with E-state index in [1.54, 1.807) is 0 Å². The highest BCUT2D eigenvalue weighted by molar-refractivity contribution is 5.90. The Balaban J connectivity index is 4.95. The molecule has 0 saturated heterocycles. The standard InChI is InChI=1S/C8H14F3N3O2/c1-3-14(4-5(12)15)6(16)7(2,13)8(9,10)11/h3-4,13H2,1-2H3,(H2,12,15). The lowest BCUT2D eigenvalue weighted by atomic mass is 10.0. The van der Waals surface area contributed by atoms with Gasteiger partial charge in [0.2, 0.25) is 5.91 Å². The normalized spacial score (nSPS) is 15.4. The second kappa shape index (κ2) is 4.69. The minimum absolute atomic E-state index is 0.0787. The lowest BCUT2D eigenvalue weighted by Gasteiger charge is -2.31. The van der Waals surface area contributed by atoms with E-state index in [2.05, 4.69) is 0 Å². The first-order valence-corrected chi connectivity index (χ1v) is 4.47. The van der Waals surface area contributed by atoms with Crippen LogP contribution >= 0.6 is 0 Å². The van der Waals surface area contributed by atoms with Gasteiger partial charge in [0.05, 0.1) is 6.54 Å². The molecule has 1 atom stereocenters. The number of hydrogen-bond acceptors (Lipinski definition) is 3. The van der Waals surface area contributed by atoms with Crippen LogP contribution in [0.4, 0.5) is 13.2 Å². The van der Waals surface area contributed by atoms with Crippen LogP contribution in [0.1, 0.15) is 13.8 Å². The third-order valence-electron chi connectivity index (χ3n) is 2.05. The van der Waals surface area contributed by atoms with Gasteiger partial charge in [-0.15, -0.1) is 0 Å². The minimum atomic E-state index is -4.88. The molecule has 0 radical (unpaired) electrons. The van der Waals surface area contributed by atoms with Crippen LogP contribution in [-0.2, 0) is 9.59 Å². The van der Waals surface area contributed by atoms with E-state index in [0.717, 1.165) is 0 Å². The third-order valence-corrected chi connectivity index (χ3v) is 2.05. The number of carbonyl (C=O) groups is 2. The number of amides is 2. The molecule has 0 rings (SSSR count). The van der Waals surface area contributed by atoms with Crippen molar-refractivity contribution in [3.63, 3.8) is 0 Å². The zero-order valence-electron chi connectivity index (χ0n) is 8.97. The molecule has 8 heteroatoms. The molecule has 0 saturated carbocycles. The fraction of sp³-hybridized carbons (Fsp3) is 0.750. The van der Waals surface area contributed by atoms with Crippen LogP contribution < -0.4 is 11.5 Å². The Labute approximate surface area is 90.6 Å². The van der Waals surface area contributed by atoms with Crippen molar-refractivity contribution < 1.29 is 22.8 Å². The Morgan fingerprint density at radius 2 is 1.75 bits per heavy atom. The summed E-state index contributed by atoms with van der Waals surface area (Å²) in [6.07, 6.45) is -4.88. The van der Waals surface area contributed by atoms with Crippen LogP contribution in [-0.4, -0.2) is 41.5 Å². The molecule has 0 aromatic carbocycles. The van der Waals surface area contributed by atoms with Crippen LogP contribution in [0.25, 0.3) is 0 Å². The molecule has 0 spiro atoms. The summed E-state index contributed by atoms with van der Waals surface area (Å²) in [7, 11) is 0. The van der Waals surface area contributed by atoms with E-state index in [-0.39, 0.29) is 6.54 Å². The van der Waals surface area contributed by atoms with Crippen LogP contribution in [0.2, 0.25) is 0 Å². The molecule has 16 heavy (non-hydrogen) atoms. The molecule has 1 unspecified atom stereocenters. The Morgan fingerprint density at radius 3 is 2.00 bits per heavy atom. The van der Waals surface area contributed by atoms with E-state index in [4.69, 9.17) is 11.5 Å². The van der Waals surface area contributed by atoms with Gasteiger partial charge in [-0.3, -0.25) is 9.59 Å². The fourth-order valence-corrected chi connectivity index (χ4v) is 0.965. The summed E-state index contributed by atoms with van der Waals surface area (Å²) in [5.41, 5.74) is 6.71. The first-order valence-electron chi connectivity index (χ1n) is 4.47. The smallest absolute Gasteiger partial charge is 0.368 e. The van der Waals surface area contributed by atoms with Gasteiger partial charge in [0.25, 0.3) is 5.91 Å². The Hall–Kier alpha value is -1.31. The molecule has 0 heterocycles. The SMILES string of the molecule is CCN(CC(N)=O)C(=O)C(C)(N)C(F)(F)F. The van der Waals surface area contributed by atoms with Gasteiger partial charge in [0, 0.05) is 6.54 Å². The lowest BCUT2D eigenvalue weighted by Crippen LogP contribution is -2.62. The van der Waals surface area contributed by atoms with E-state index in [0.29, 0.717) is 11.8 Å². The third kappa shape index (κ3) is 3.09. The number of halogens is 3. The molecule has 0 aliphatic heterocycles. The molecule has 4 N–H and O–H groups in total. The second-order valence-corrected chi connectivity index (χ2v) is 3.49. The molecule has 0 fully saturated rings. The Morgan fingerprint density at radius 1 is 1.31 bits per heavy atom. The van der Waals surface area contributed by atoms with Gasteiger partial charge < -0.3 is 16.4 Å². The largest absolute Gasteiger partial charge is 0.415 e. The number of carbonyl (C=O) groups excluding carboxylic acids is 2. The van der Waals surface area contributed by atoms with Crippen molar-refractivity contribution >= 4 is 11.8 Å². The van der Waals surface area contributed by atoms with Crippen molar-refractivity contribution in [2.45, 2.75) is 25.6 Å². The molecule has 94 valence electrons. The van der Waals surface area contributed by atoms with Gasteiger partial charge >= 0.3 is 6.18 Å². The van der Waals surface area contributed by atoms with Crippen LogP contribution in [0.15, 0.2) is 0 Å². The maximum absolute atomic E-state index is 12.4. The summed E-state index contributed by atoms with van der Waals surface area (Å²) < 4.78 is 37.3. The molecular formula is C8H14F3N3O2. The van der Waals surface area contributed by atoms with Gasteiger partial charge in [0.15, 0.2) is 5.54 Å². The highest BCUT2D eigenvalue weighted by Crippen LogP contribution is 2.29. The maximum Gasteiger partial charge on any atom is 0.415 e. The minimum Gasteiger partial charge on any atom is -0.368 e. The molecule has 5 nitrogen and oxygen atoms in total. The molecule has 0 aromatic heterocycles. The highest BCUT2D eigenvalue weighted by Gasteiger charge is 2.55. The monoisotopic (exact) mass is 241 g/mol. The zero-order valence-corrected chi connectivity index (χ0v) is 8.97. The van der Waals surface area contributed by atoms with Crippen molar-refractivity contribution in [3.05, 3.63) is 0 Å². The summed E-state index contributed by atoms with van der Waals surface area (Å²) in [4.78, 5) is 22.7. The van der Waals surface area contributed by atoms with E-state index < -0.39 is 30.1 Å². The van der Waals surface area contributed by atoms with E-state index >= 15 is 0 Å². The summed E-state index contributed by atoms with van der Waals surface area (Å²) in [5, 5.41) is 0. The van der Waals surface area contributed by atoms with Crippen molar-refractivity contribution in [3.8, 4) is 0 Å². The highest BCUT2D eigenvalue weighted by atomic mass is 19.4. The number of alkyl halides is 3. The van der Waals surface area contributed by atoms with Gasteiger partial charge in [0.1, 0.15) is 0 Å². The Kier molecular flexibility index (Phi) is 4.30. The number of nitrogens with two attached hydrogens (primary N) is 2. The predicted molar refractivity (Wildman–Crippen MR) is 50.1 cm³/mol. The topological polar surface area (TPSA) is 89.4 Å². The van der Waals surface area contributed by atoms with E-state index in [1.165, 1.54) is 6.92 Å². The molecule has 0 bridgehead atoms. The lowest BCUT2D eigenvalue weighted by molar-refractivity contribution is -0.193. The number of hydrogen-bond donors (Lipinski definition) is 2. The maximum atomic E-state index is 12.4. The zero-order chi connectivity index (χ0) is 13.1. The van der Waals surface area contributed by atoms with Gasteiger partial charge in [-0.2, -0.15) is 13.2 Å². The summed E-state index contributed by atoms with van der Waals surface area (Å²) in [5.74, 6) is -2.27. The molecule has 2 amide bonds. The first kappa shape index (κ1) is 14.7. The van der Waals surface area contributed by atoms with Crippen molar-refractivity contribution in [1.82, 2.24) is 4.90 Å². The number of rotatable bonds is 4. The molecular weight excluding hydrogens is 227 g/mol. The fourth-order valence-electron chi connectivity index (χ4n) is 0.965. The number of nitrogens with zero attached hydrogens (tertiary/aromatic N) is 1.